The molecule has 0 aliphatic carbocycles. The number of carbonyl (C=O) groups is 1. The Morgan fingerprint density at radius 1 is 1.52 bits per heavy atom. The zero-order chi connectivity index (χ0) is 15.4. The fourth-order valence-corrected chi connectivity index (χ4v) is 2.73. The van der Waals surface area contributed by atoms with Gasteiger partial charge < -0.3 is 10.4 Å². The maximum atomic E-state index is 13.5. The summed E-state index contributed by atoms with van der Waals surface area (Å²) in [6, 6.07) is 3.11. The fourth-order valence-electron chi connectivity index (χ4n) is 2.73. The monoisotopic (exact) mass is 298 g/mol. The highest BCUT2D eigenvalue weighted by Gasteiger charge is 2.27. The molecule has 0 bridgehead atoms. The molecule has 0 saturated carbocycles. The van der Waals surface area contributed by atoms with Crippen LogP contribution in [0.4, 0.5) is 14.5 Å². The van der Waals surface area contributed by atoms with Crippen LogP contribution in [-0.2, 0) is 4.79 Å². The summed E-state index contributed by atoms with van der Waals surface area (Å²) in [5.41, 5.74) is -0.147. The van der Waals surface area contributed by atoms with Crippen molar-refractivity contribution < 1.29 is 18.7 Å². The van der Waals surface area contributed by atoms with Gasteiger partial charge in [0.25, 0.3) is 0 Å². The van der Waals surface area contributed by atoms with Gasteiger partial charge in [-0.3, -0.25) is 9.69 Å². The van der Waals surface area contributed by atoms with Gasteiger partial charge in [0.2, 0.25) is 5.91 Å². The molecule has 6 heteroatoms. The van der Waals surface area contributed by atoms with Gasteiger partial charge >= 0.3 is 0 Å². The molecule has 1 heterocycles. The lowest BCUT2D eigenvalue weighted by molar-refractivity contribution is -0.117. The minimum atomic E-state index is -0.660. The van der Waals surface area contributed by atoms with E-state index in [-0.39, 0.29) is 24.2 Å². The molecule has 116 valence electrons. The fraction of sp³-hybridized carbons (Fsp3) is 0.533. The second-order valence-corrected chi connectivity index (χ2v) is 5.52. The molecule has 1 aliphatic heterocycles. The summed E-state index contributed by atoms with van der Waals surface area (Å²) in [6.45, 7) is 2.61. The van der Waals surface area contributed by atoms with Crippen LogP contribution in [-0.4, -0.2) is 41.1 Å². The molecule has 2 unspecified atom stereocenters. The van der Waals surface area contributed by atoms with Crippen molar-refractivity contribution in [1.82, 2.24) is 4.90 Å². The van der Waals surface area contributed by atoms with Gasteiger partial charge in [0.15, 0.2) is 0 Å². The highest BCUT2D eigenvalue weighted by Crippen LogP contribution is 2.21. The first-order valence-corrected chi connectivity index (χ1v) is 7.12. The summed E-state index contributed by atoms with van der Waals surface area (Å²) in [5, 5.41) is 11.8. The predicted molar refractivity (Wildman–Crippen MR) is 75.9 cm³/mol. The number of aliphatic hydroxyl groups excluding tert-OH is 1. The third kappa shape index (κ3) is 4.47. The van der Waals surface area contributed by atoms with E-state index < -0.39 is 17.7 Å². The summed E-state index contributed by atoms with van der Waals surface area (Å²) >= 11 is 0. The highest BCUT2D eigenvalue weighted by atomic mass is 19.1. The normalized spacial score (nSPS) is 20.5. The summed E-state index contributed by atoms with van der Waals surface area (Å²) in [6.07, 6.45) is 2.10. The Labute approximate surface area is 122 Å². The van der Waals surface area contributed by atoms with Crippen LogP contribution < -0.4 is 5.32 Å². The van der Waals surface area contributed by atoms with E-state index in [0.717, 1.165) is 37.6 Å². The van der Waals surface area contributed by atoms with Gasteiger partial charge in [-0.2, -0.15) is 0 Å². The SMILES string of the molecule is CC(O)CC1CCCN1CC(=O)Nc1cc(F)ccc1F. The van der Waals surface area contributed by atoms with Gasteiger partial charge in [-0.25, -0.2) is 8.78 Å². The molecular formula is C15H20F2N2O2. The number of hydrogen-bond acceptors (Lipinski definition) is 3. The number of halogens is 2. The van der Waals surface area contributed by atoms with Crippen LogP contribution in [0.3, 0.4) is 0 Å². The van der Waals surface area contributed by atoms with Crippen molar-refractivity contribution in [2.24, 2.45) is 0 Å². The Morgan fingerprint density at radius 3 is 3.00 bits per heavy atom. The Bertz CT molecular complexity index is 508. The zero-order valence-corrected chi connectivity index (χ0v) is 12.0. The van der Waals surface area contributed by atoms with Crippen molar-refractivity contribution in [2.75, 3.05) is 18.4 Å². The number of anilines is 1. The average Bonchev–Trinajstić information content (AvgIpc) is 2.80. The summed E-state index contributed by atoms with van der Waals surface area (Å²) in [5.74, 6) is -1.64. The summed E-state index contributed by atoms with van der Waals surface area (Å²) in [4.78, 5) is 13.9. The average molecular weight is 298 g/mol. The molecule has 4 nitrogen and oxygen atoms in total. The highest BCUT2D eigenvalue weighted by molar-refractivity contribution is 5.92. The van der Waals surface area contributed by atoms with Crippen LogP contribution in [0.25, 0.3) is 0 Å². The van der Waals surface area contributed by atoms with Crippen molar-refractivity contribution in [1.29, 1.82) is 0 Å². The number of rotatable bonds is 5. The minimum Gasteiger partial charge on any atom is -0.393 e. The minimum absolute atomic E-state index is 0.118. The Morgan fingerprint density at radius 2 is 2.29 bits per heavy atom. The van der Waals surface area contributed by atoms with Crippen LogP contribution in [0, 0.1) is 11.6 Å². The quantitative estimate of drug-likeness (QED) is 0.875. The molecule has 1 saturated heterocycles. The van der Waals surface area contributed by atoms with Crippen LogP contribution >= 0.6 is 0 Å². The van der Waals surface area contributed by atoms with Crippen molar-refractivity contribution in [3.05, 3.63) is 29.8 Å². The van der Waals surface area contributed by atoms with Crippen LogP contribution in [0.2, 0.25) is 0 Å². The third-order valence-corrected chi connectivity index (χ3v) is 3.66. The predicted octanol–water partition coefficient (Wildman–Crippen LogP) is 2.14. The maximum Gasteiger partial charge on any atom is 0.238 e. The van der Waals surface area contributed by atoms with E-state index >= 15 is 0 Å². The third-order valence-electron chi connectivity index (χ3n) is 3.66. The Balaban J connectivity index is 1.93. The summed E-state index contributed by atoms with van der Waals surface area (Å²) < 4.78 is 26.5. The van der Waals surface area contributed by atoms with E-state index in [1.807, 2.05) is 4.90 Å². The summed E-state index contributed by atoms with van der Waals surface area (Å²) in [7, 11) is 0. The first-order chi connectivity index (χ1) is 9.95. The van der Waals surface area contributed by atoms with Gasteiger partial charge in [-0.15, -0.1) is 0 Å². The van der Waals surface area contributed by atoms with Crippen LogP contribution in [0.5, 0.6) is 0 Å². The molecule has 2 N–H and O–H groups in total. The van der Waals surface area contributed by atoms with E-state index in [2.05, 4.69) is 5.32 Å². The van der Waals surface area contributed by atoms with Crippen molar-refractivity contribution >= 4 is 11.6 Å². The maximum absolute atomic E-state index is 13.5. The molecule has 2 rings (SSSR count). The van der Waals surface area contributed by atoms with Gasteiger partial charge in [0.1, 0.15) is 11.6 Å². The lowest BCUT2D eigenvalue weighted by Crippen LogP contribution is -2.38. The molecule has 1 fully saturated rings. The van der Waals surface area contributed by atoms with Gasteiger partial charge in [-0.1, -0.05) is 0 Å². The Hall–Kier alpha value is -1.53. The Kier molecular flexibility index (Phi) is 5.25. The van der Waals surface area contributed by atoms with Gasteiger partial charge in [-0.05, 0) is 44.9 Å². The molecular weight excluding hydrogens is 278 g/mol. The molecule has 2 atom stereocenters. The number of aliphatic hydroxyl groups is 1. The first-order valence-electron chi connectivity index (χ1n) is 7.12. The molecule has 1 aromatic carbocycles. The number of nitrogens with zero attached hydrogens (tertiary/aromatic N) is 1. The lowest BCUT2D eigenvalue weighted by atomic mass is 10.1. The number of amides is 1. The number of benzene rings is 1. The number of likely N-dealkylation sites (tertiary alicyclic amines) is 1. The standard InChI is InChI=1S/C15H20F2N2O2/c1-10(20)7-12-3-2-6-19(12)9-15(21)18-14-8-11(16)4-5-13(14)17/h4-5,8,10,12,20H,2-3,6-7,9H2,1H3,(H,18,21). The number of hydrogen-bond donors (Lipinski definition) is 2. The number of carbonyl (C=O) groups excluding carboxylic acids is 1. The molecule has 0 radical (unpaired) electrons. The molecule has 0 spiro atoms. The smallest absolute Gasteiger partial charge is 0.238 e. The van der Waals surface area contributed by atoms with Gasteiger partial charge in [0.05, 0.1) is 18.3 Å². The molecule has 1 amide bonds. The largest absolute Gasteiger partial charge is 0.393 e. The lowest BCUT2D eigenvalue weighted by Gasteiger charge is -2.24. The molecule has 21 heavy (non-hydrogen) atoms. The van der Waals surface area contributed by atoms with Gasteiger partial charge in [0, 0.05) is 12.1 Å². The van der Waals surface area contributed by atoms with Crippen molar-refractivity contribution in [3.8, 4) is 0 Å². The topological polar surface area (TPSA) is 52.6 Å². The van der Waals surface area contributed by atoms with Crippen LogP contribution in [0.15, 0.2) is 18.2 Å². The number of nitrogens with one attached hydrogen (secondary N) is 1. The van der Waals surface area contributed by atoms with Crippen molar-refractivity contribution in [2.45, 2.75) is 38.3 Å². The first kappa shape index (κ1) is 15.9. The zero-order valence-electron chi connectivity index (χ0n) is 12.0. The van der Waals surface area contributed by atoms with E-state index in [9.17, 15) is 18.7 Å². The van der Waals surface area contributed by atoms with Crippen LogP contribution in [0.1, 0.15) is 26.2 Å². The molecule has 1 aromatic rings. The molecule has 1 aliphatic rings. The van der Waals surface area contributed by atoms with E-state index in [1.165, 1.54) is 0 Å². The van der Waals surface area contributed by atoms with E-state index in [1.54, 1.807) is 6.92 Å². The van der Waals surface area contributed by atoms with E-state index in [4.69, 9.17) is 0 Å². The second kappa shape index (κ2) is 6.95. The van der Waals surface area contributed by atoms with E-state index in [0.29, 0.717) is 6.42 Å². The van der Waals surface area contributed by atoms with Crippen molar-refractivity contribution in [3.63, 3.8) is 0 Å². The second-order valence-electron chi connectivity index (χ2n) is 5.52. The molecule has 0 aromatic heterocycles.